The van der Waals surface area contributed by atoms with Crippen molar-refractivity contribution in [1.82, 2.24) is 26.8 Å². The van der Waals surface area contributed by atoms with Crippen LogP contribution in [0.3, 0.4) is 0 Å². The second-order valence-corrected chi connectivity index (χ2v) is 2.13. The molecule has 0 aliphatic heterocycles. The van der Waals surface area contributed by atoms with Gasteiger partial charge in [-0.2, -0.15) is 5.12 Å². The molecule has 0 radical (unpaired) electrons. The Morgan fingerprint density at radius 1 is 1.09 bits per heavy atom. The van der Waals surface area contributed by atoms with Gasteiger partial charge in [-0.25, -0.2) is 10.9 Å². The van der Waals surface area contributed by atoms with Gasteiger partial charge in [-0.05, 0) is 13.5 Å². The molecular formula is C6H19N5. The zero-order valence-electron chi connectivity index (χ0n) is 7.57. The van der Waals surface area contributed by atoms with Crippen molar-refractivity contribution in [2.45, 2.75) is 6.42 Å². The summed E-state index contributed by atoms with van der Waals surface area (Å²) in [5.41, 5.74) is 11.9. The number of hydrazine groups is 3. The first-order chi connectivity index (χ1) is 5.35. The van der Waals surface area contributed by atoms with Crippen LogP contribution < -0.4 is 21.7 Å². The maximum absolute atomic E-state index is 3.02. The lowest BCUT2D eigenvalue weighted by molar-refractivity contribution is 0.143. The van der Waals surface area contributed by atoms with Crippen molar-refractivity contribution in [3.05, 3.63) is 0 Å². The molecule has 5 heteroatoms. The van der Waals surface area contributed by atoms with E-state index in [1.54, 1.807) is 0 Å². The number of rotatable bonds is 7. The molecule has 0 aliphatic carbocycles. The van der Waals surface area contributed by atoms with E-state index < -0.39 is 0 Å². The number of hydrogen-bond acceptors (Lipinski definition) is 5. The Morgan fingerprint density at radius 3 is 2.18 bits per heavy atom. The molecular weight excluding hydrogens is 142 g/mol. The second-order valence-electron chi connectivity index (χ2n) is 2.13. The molecule has 0 rings (SSSR count). The van der Waals surface area contributed by atoms with Crippen molar-refractivity contribution in [2.24, 2.45) is 0 Å². The van der Waals surface area contributed by atoms with Crippen LogP contribution in [0.4, 0.5) is 0 Å². The summed E-state index contributed by atoms with van der Waals surface area (Å²) in [6, 6.07) is 0. The lowest BCUT2D eigenvalue weighted by atomic mass is 10.4. The van der Waals surface area contributed by atoms with Crippen LogP contribution in [0.1, 0.15) is 6.42 Å². The topological polar surface area (TPSA) is 51.4 Å². The molecule has 0 bridgehead atoms. The van der Waals surface area contributed by atoms with Crippen molar-refractivity contribution >= 4 is 0 Å². The Bertz CT molecular complexity index is 73.4. The first-order valence-corrected chi connectivity index (χ1v) is 3.87. The van der Waals surface area contributed by atoms with E-state index in [2.05, 4.69) is 21.7 Å². The molecule has 0 heterocycles. The molecule has 0 aromatic carbocycles. The zero-order chi connectivity index (χ0) is 8.53. The minimum absolute atomic E-state index is 0.969. The third kappa shape index (κ3) is 6.21. The minimum atomic E-state index is 0.969. The summed E-state index contributed by atoms with van der Waals surface area (Å²) >= 11 is 0. The monoisotopic (exact) mass is 161 g/mol. The summed E-state index contributed by atoms with van der Waals surface area (Å²) in [7, 11) is 5.65. The van der Waals surface area contributed by atoms with E-state index in [1.165, 1.54) is 0 Å². The van der Waals surface area contributed by atoms with Gasteiger partial charge in [0.25, 0.3) is 0 Å². The quantitative estimate of drug-likeness (QED) is 0.275. The molecule has 0 amide bonds. The number of hydrogen-bond donors (Lipinski definition) is 4. The Morgan fingerprint density at radius 2 is 1.73 bits per heavy atom. The van der Waals surface area contributed by atoms with Crippen LogP contribution in [0.15, 0.2) is 0 Å². The van der Waals surface area contributed by atoms with Gasteiger partial charge in [0, 0.05) is 27.2 Å². The van der Waals surface area contributed by atoms with Crippen LogP contribution >= 0.6 is 0 Å². The van der Waals surface area contributed by atoms with E-state index in [0.29, 0.717) is 0 Å². The van der Waals surface area contributed by atoms with Crippen molar-refractivity contribution in [1.29, 1.82) is 0 Å². The van der Waals surface area contributed by atoms with Gasteiger partial charge in [-0.3, -0.25) is 10.9 Å². The molecule has 0 saturated carbocycles. The molecule has 11 heavy (non-hydrogen) atoms. The molecule has 5 nitrogen and oxygen atoms in total. The van der Waals surface area contributed by atoms with E-state index in [4.69, 9.17) is 0 Å². The predicted molar refractivity (Wildman–Crippen MR) is 46.5 cm³/mol. The van der Waals surface area contributed by atoms with Gasteiger partial charge < -0.3 is 0 Å². The lowest BCUT2D eigenvalue weighted by Crippen LogP contribution is -2.45. The van der Waals surface area contributed by atoms with Gasteiger partial charge >= 0.3 is 0 Å². The standard InChI is InChI=1S/C6H19N5/c1-7-10-5-4-6-11(8-2)9-3/h7-10H,4-6H2,1-3H3. The lowest BCUT2D eigenvalue weighted by Gasteiger charge is -2.18. The molecule has 0 spiro atoms. The molecule has 0 saturated heterocycles. The summed E-state index contributed by atoms with van der Waals surface area (Å²) in [6.07, 6.45) is 1.09. The van der Waals surface area contributed by atoms with Crippen LogP contribution in [-0.4, -0.2) is 39.4 Å². The maximum Gasteiger partial charge on any atom is 0.0300 e. The Labute approximate surface area is 68.4 Å². The minimum Gasteiger partial charge on any atom is -0.261 e. The summed E-state index contributed by atoms with van der Waals surface area (Å²) in [5, 5.41) is 1.93. The smallest absolute Gasteiger partial charge is 0.0300 e. The van der Waals surface area contributed by atoms with E-state index in [1.807, 2.05) is 26.3 Å². The molecule has 0 aromatic rings. The van der Waals surface area contributed by atoms with E-state index in [-0.39, 0.29) is 0 Å². The molecule has 0 unspecified atom stereocenters. The van der Waals surface area contributed by atoms with Crippen molar-refractivity contribution in [2.75, 3.05) is 34.2 Å². The van der Waals surface area contributed by atoms with Crippen LogP contribution in [0.5, 0.6) is 0 Å². The Balaban J connectivity index is 3.07. The normalized spacial score (nSPS) is 10.9. The SMILES string of the molecule is CNNCCCN(NC)NC. The molecule has 68 valence electrons. The number of nitrogens with one attached hydrogen (secondary N) is 4. The highest BCUT2D eigenvalue weighted by atomic mass is 15.7. The highest BCUT2D eigenvalue weighted by molar-refractivity contribution is 4.45. The van der Waals surface area contributed by atoms with Gasteiger partial charge in [-0.1, -0.05) is 0 Å². The van der Waals surface area contributed by atoms with E-state index in [0.717, 1.165) is 19.5 Å². The maximum atomic E-state index is 3.02. The van der Waals surface area contributed by atoms with Crippen LogP contribution in [0.2, 0.25) is 0 Å². The van der Waals surface area contributed by atoms with Gasteiger partial charge in [-0.15, -0.1) is 0 Å². The Kier molecular flexibility index (Phi) is 7.76. The van der Waals surface area contributed by atoms with E-state index in [9.17, 15) is 0 Å². The molecule has 0 atom stereocenters. The summed E-state index contributed by atoms with van der Waals surface area (Å²) < 4.78 is 0. The van der Waals surface area contributed by atoms with Gasteiger partial charge in [0.1, 0.15) is 0 Å². The average Bonchev–Trinajstić information content (AvgIpc) is 2.05. The molecule has 0 aromatic heterocycles. The zero-order valence-corrected chi connectivity index (χ0v) is 7.57. The van der Waals surface area contributed by atoms with Gasteiger partial charge in [0.15, 0.2) is 0 Å². The van der Waals surface area contributed by atoms with Gasteiger partial charge in [0.2, 0.25) is 0 Å². The molecule has 4 N–H and O–H groups in total. The number of nitrogens with zero attached hydrogens (tertiary/aromatic N) is 1. The predicted octanol–water partition coefficient (Wildman–Crippen LogP) is -1.33. The Hall–Kier alpha value is -0.200. The average molecular weight is 161 g/mol. The highest BCUT2D eigenvalue weighted by Gasteiger charge is 1.95. The third-order valence-electron chi connectivity index (χ3n) is 1.40. The highest BCUT2D eigenvalue weighted by Crippen LogP contribution is 1.78. The van der Waals surface area contributed by atoms with Crippen molar-refractivity contribution in [3.8, 4) is 0 Å². The third-order valence-corrected chi connectivity index (χ3v) is 1.40. The van der Waals surface area contributed by atoms with Crippen LogP contribution in [-0.2, 0) is 0 Å². The molecule has 0 aliphatic rings. The second kappa shape index (κ2) is 7.90. The summed E-state index contributed by atoms with van der Waals surface area (Å²) in [5.74, 6) is 0. The van der Waals surface area contributed by atoms with Gasteiger partial charge in [0.05, 0.1) is 0 Å². The van der Waals surface area contributed by atoms with E-state index >= 15 is 0 Å². The first-order valence-electron chi connectivity index (χ1n) is 3.87. The summed E-state index contributed by atoms with van der Waals surface area (Å²) in [4.78, 5) is 0. The fraction of sp³-hybridized carbons (Fsp3) is 1.00. The summed E-state index contributed by atoms with van der Waals surface area (Å²) in [6.45, 7) is 1.94. The fourth-order valence-electron chi connectivity index (χ4n) is 0.786. The van der Waals surface area contributed by atoms with Crippen LogP contribution in [0, 0.1) is 0 Å². The first kappa shape index (κ1) is 10.8. The van der Waals surface area contributed by atoms with Crippen LogP contribution in [0.25, 0.3) is 0 Å². The van der Waals surface area contributed by atoms with Crippen molar-refractivity contribution < 1.29 is 0 Å². The fourth-order valence-corrected chi connectivity index (χ4v) is 0.786. The molecule has 0 fully saturated rings. The largest absolute Gasteiger partial charge is 0.261 e. The van der Waals surface area contributed by atoms with Crippen molar-refractivity contribution in [3.63, 3.8) is 0 Å².